The molecule has 2 heterocycles. The molecule has 2 aromatic rings. The van der Waals surface area contributed by atoms with Crippen molar-refractivity contribution in [2.75, 3.05) is 0 Å². The third-order valence-corrected chi connectivity index (χ3v) is 2.54. The lowest BCUT2D eigenvalue weighted by Gasteiger charge is -2.13. The van der Waals surface area contributed by atoms with Gasteiger partial charge in [-0.25, -0.2) is 4.39 Å². The first kappa shape index (κ1) is 11.0. The van der Waals surface area contributed by atoms with E-state index < -0.39 is 11.9 Å². The molecular formula is C11H9ClFN3. The Bertz CT molecular complexity index is 504. The van der Waals surface area contributed by atoms with Crippen LogP contribution in [0, 0.1) is 5.82 Å². The Labute approximate surface area is 97.1 Å². The first-order valence-electron chi connectivity index (χ1n) is 4.64. The molecule has 0 amide bonds. The first-order valence-corrected chi connectivity index (χ1v) is 5.01. The van der Waals surface area contributed by atoms with Gasteiger partial charge in [-0.05, 0) is 23.3 Å². The summed E-state index contributed by atoms with van der Waals surface area (Å²) in [5.41, 5.74) is 7.24. The number of halogens is 2. The fraction of sp³-hybridized carbons (Fsp3) is 0.0909. The third kappa shape index (κ3) is 2.18. The molecule has 0 bridgehead atoms. The topological polar surface area (TPSA) is 51.8 Å². The Morgan fingerprint density at radius 2 is 2.06 bits per heavy atom. The largest absolute Gasteiger partial charge is 0.320 e. The van der Waals surface area contributed by atoms with Crippen LogP contribution in [0.4, 0.5) is 4.39 Å². The first-order chi connectivity index (χ1) is 7.68. The van der Waals surface area contributed by atoms with Crippen molar-refractivity contribution in [1.29, 1.82) is 0 Å². The molecule has 0 aliphatic rings. The second-order valence-corrected chi connectivity index (χ2v) is 3.72. The molecule has 0 fully saturated rings. The maximum Gasteiger partial charge on any atom is 0.141 e. The summed E-state index contributed by atoms with van der Waals surface area (Å²) in [7, 11) is 0. The van der Waals surface area contributed by atoms with Crippen molar-refractivity contribution in [3.8, 4) is 0 Å². The molecular weight excluding hydrogens is 229 g/mol. The standard InChI is InChI=1S/C11H9ClFN3/c12-10-6-15-2-1-9(10)11(14)7-3-8(13)5-16-4-7/h1-6,11H,14H2. The summed E-state index contributed by atoms with van der Waals surface area (Å²) >= 11 is 5.95. The molecule has 0 radical (unpaired) electrons. The van der Waals surface area contributed by atoms with Crippen LogP contribution in [0.25, 0.3) is 0 Å². The molecule has 0 aromatic carbocycles. The molecule has 16 heavy (non-hydrogen) atoms. The van der Waals surface area contributed by atoms with Crippen LogP contribution < -0.4 is 5.73 Å². The highest BCUT2D eigenvalue weighted by Gasteiger charge is 2.13. The van der Waals surface area contributed by atoms with E-state index in [1.54, 1.807) is 12.3 Å². The van der Waals surface area contributed by atoms with E-state index >= 15 is 0 Å². The quantitative estimate of drug-likeness (QED) is 0.872. The lowest BCUT2D eigenvalue weighted by atomic mass is 10.0. The minimum atomic E-state index is -0.501. The van der Waals surface area contributed by atoms with Crippen LogP contribution >= 0.6 is 11.6 Å². The number of hydrogen-bond donors (Lipinski definition) is 1. The smallest absolute Gasteiger partial charge is 0.141 e. The zero-order valence-electron chi connectivity index (χ0n) is 8.27. The van der Waals surface area contributed by atoms with Crippen molar-refractivity contribution in [1.82, 2.24) is 9.97 Å². The Hall–Kier alpha value is -1.52. The molecule has 1 unspecified atom stereocenters. The monoisotopic (exact) mass is 237 g/mol. The number of rotatable bonds is 2. The van der Waals surface area contributed by atoms with Gasteiger partial charge in [0.2, 0.25) is 0 Å². The fourth-order valence-electron chi connectivity index (χ4n) is 1.42. The minimum Gasteiger partial charge on any atom is -0.320 e. The van der Waals surface area contributed by atoms with Gasteiger partial charge < -0.3 is 5.73 Å². The molecule has 0 saturated carbocycles. The summed E-state index contributed by atoms with van der Waals surface area (Å²) in [6.45, 7) is 0. The van der Waals surface area contributed by atoms with Gasteiger partial charge in [-0.2, -0.15) is 0 Å². The third-order valence-electron chi connectivity index (χ3n) is 2.22. The van der Waals surface area contributed by atoms with E-state index in [-0.39, 0.29) is 0 Å². The molecule has 82 valence electrons. The molecule has 0 aliphatic carbocycles. The molecule has 3 nitrogen and oxygen atoms in total. The van der Waals surface area contributed by atoms with Gasteiger partial charge in [0.25, 0.3) is 0 Å². The average Bonchev–Trinajstić information content (AvgIpc) is 2.29. The van der Waals surface area contributed by atoms with E-state index in [0.717, 1.165) is 6.20 Å². The molecule has 1 atom stereocenters. The minimum absolute atomic E-state index is 0.418. The summed E-state index contributed by atoms with van der Waals surface area (Å²) in [5, 5.41) is 0.458. The normalized spacial score (nSPS) is 12.4. The summed E-state index contributed by atoms with van der Waals surface area (Å²) in [6.07, 6.45) is 5.74. The summed E-state index contributed by atoms with van der Waals surface area (Å²) in [4.78, 5) is 7.61. The molecule has 2 aromatic heterocycles. The van der Waals surface area contributed by atoms with Gasteiger partial charge in [0.15, 0.2) is 0 Å². The average molecular weight is 238 g/mol. The number of nitrogens with two attached hydrogens (primary N) is 1. The van der Waals surface area contributed by atoms with Gasteiger partial charge in [0, 0.05) is 18.6 Å². The number of hydrogen-bond acceptors (Lipinski definition) is 3. The summed E-state index contributed by atoms with van der Waals surface area (Å²) < 4.78 is 13.0. The lowest BCUT2D eigenvalue weighted by molar-refractivity contribution is 0.616. The number of nitrogens with zero attached hydrogens (tertiary/aromatic N) is 2. The van der Waals surface area contributed by atoms with Crippen molar-refractivity contribution >= 4 is 11.6 Å². The van der Waals surface area contributed by atoms with Gasteiger partial charge in [-0.1, -0.05) is 11.6 Å². The van der Waals surface area contributed by atoms with Crippen molar-refractivity contribution in [3.63, 3.8) is 0 Å². The van der Waals surface area contributed by atoms with E-state index in [9.17, 15) is 4.39 Å². The fourth-order valence-corrected chi connectivity index (χ4v) is 1.65. The van der Waals surface area contributed by atoms with Crippen LogP contribution in [0.15, 0.2) is 36.9 Å². The van der Waals surface area contributed by atoms with Gasteiger partial charge >= 0.3 is 0 Å². The van der Waals surface area contributed by atoms with Crippen LogP contribution in [0.5, 0.6) is 0 Å². The van der Waals surface area contributed by atoms with Gasteiger partial charge in [0.1, 0.15) is 5.82 Å². The van der Waals surface area contributed by atoms with Crippen molar-refractivity contribution in [2.24, 2.45) is 5.73 Å². The highest BCUT2D eigenvalue weighted by Crippen LogP contribution is 2.25. The summed E-state index contributed by atoms with van der Waals surface area (Å²) in [6, 6.07) is 2.55. The lowest BCUT2D eigenvalue weighted by Crippen LogP contribution is -2.13. The van der Waals surface area contributed by atoms with Gasteiger partial charge in [-0.3, -0.25) is 9.97 Å². The molecule has 0 saturated heterocycles. The molecule has 2 rings (SSSR count). The van der Waals surface area contributed by atoms with E-state index in [2.05, 4.69) is 9.97 Å². The second-order valence-electron chi connectivity index (χ2n) is 3.31. The Morgan fingerprint density at radius 3 is 2.75 bits per heavy atom. The van der Waals surface area contributed by atoms with Crippen molar-refractivity contribution < 1.29 is 4.39 Å². The maximum atomic E-state index is 13.0. The Balaban J connectivity index is 2.39. The van der Waals surface area contributed by atoms with Crippen molar-refractivity contribution in [2.45, 2.75) is 6.04 Å². The predicted octanol–water partition coefficient (Wildman–Crippen LogP) is 2.32. The van der Waals surface area contributed by atoms with E-state index in [0.29, 0.717) is 16.1 Å². The molecule has 0 aliphatic heterocycles. The molecule has 5 heteroatoms. The summed E-state index contributed by atoms with van der Waals surface area (Å²) in [5.74, 6) is -0.418. The highest BCUT2D eigenvalue weighted by molar-refractivity contribution is 6.31. The Kier molecular flexibility index (Phi) is 3.12. The molecule has 2 N–H and O–H groups in total. The Morgan fingerprint density at radius 1 is 1.25 bits per heavy atom. The highest BCUT2D eigenvalue weighted by atomic mass is 35.5. The van der Waals surface area contributed by atoms with Crippen LogP contribution in [0.3, 0.4) is 0 Å². The SMILES string of the molecule is NC(c1cncc(F)c1)c1ccncc1Cl. The van der Waals surface area contributed by atoms with E-state index in [1.165, 1.54) is 18.5 Å². The zero-order chi connectivity index (χ0) is 11.5. The van der Waals surface area contributed by atoms with E-state index in [4.69, 9.17) is 17.3 Å². The second kappa shape index (κ2) is 4.55. The zero-order valence-corrected chi connectivity index (χ0v) is 9.03. The van der Waals surface area contributed by atoms with Crippen LogP contribution in [0.2, 0.25) is 5.02 Å². The van der Waals surface area contributed by atoms with Crippen LogP contribution in [-0.2, 0) is 0 Å². The van der Waals surface area contributed by atoms with E-state index in [1.807, 2.05) is 0 Å². The van der Waals surface area contributed by atoms with Crippen LogP contribution in [-0.4, -0.2) is 9.97 Å². The number of pyridine rings is 2. The predicted molar refractivity (Wildman–Crippen MR) is 59.5 cm³/mol. The van der Waals surface area contributed by atoms with Crippen molar-refractivity contribution in [3.05, 3.63) is 58.9 Å². The molecule has 0 spiro atoms. The van der Waals surface area contributed by atoms with Crippen LogP contribution in [0.1, 0.15) is 17.2 Å². The van der Waals surface area contributed by atoms with Gasteiger partial charge in [-0.15, -0.1) is 0 Å². The maximum absolute atomic E-state index is 13.0. The number of aromatic nitrogens is 2. The van der Waals surface area contributed by atoms with Gasteiger partial charge in [0.05, 0.1) is 17.3 Å².